The lowest BCUT2D eigenvalue weighted by atomic mass is 10.2. The number of benzene rings is 1. The van der Waals surface area contributed by atoms with Crippen molar-refractivity contribution < 1.29 is 9.53 Å². The Morgan fingerprint density at radius 3 is 3.00 bits per heavy atom. The molecule has 2 rings (SSSR count). The van der Waals surface area contributed by atoms with E-state index in [9.17, 15) is 4.79 Å². The largest absolute Gasteiger partial charge is 0.489 e. The van der Waals surface area contributed by atoms with Crippen molar-refractivity contribution in [3.8, 4) is 5.75 Å². The molecule has 0 bridgehead atoms. The summed E-state index contributed by atoms with van der Waals surface area (Å²) in [5, 5.41) is 0. The fraction of sp³-hybridized carbons (Fsp3) is 0.300. The zero-order valence-corrected chi connectivity index (χ0v) is 8.43. The summed E-state index contributed by atoms with van der Waals surface area (Å²) in [5.74, 6) is 0.465. The van der Waals surface area contributed by atoms with Crippen molar-refractivity contribution in [2.24, 2.45) is 5.73 Å². The summed E-state index contributed by atoms with van der Waals surface area (Å²) in [6.07, 6.45) is 0. The van der Waals surface area contributed by atoms with Gasteiger partial charge in [-0.3, -0.25) is 4.79 Å². The van der Waals surface area contributed by atoms with Gasteiger partial charge in [0.25, 0.3) is 0 Å². The molecule has 5 heteroatoms. The number of rotatable bonds is 0. The summed E-state index contributed by atoms with van der Waals surface area (Å²) in [7, 11) is 1.66. The number of ether oxygens (including phenoxy) is 1. The predicted molar refractivity (Wildman–Crippen MR) is 57.7 cm³/mol. The number of fused-ring (bicyclic) bond motifs is 1. The highest BCUT2D eigenvalue weighted by Crippen LogP contribution is 2.31. The minimum Gasteiger partial charge on any atom is -0.489 e. The quantitative estimate of drug-likeness (QED) is 0.584. The number of nitrogen functional groups attached to an aromatic ring is 1. The molecule has 1 aromatic rings. The molecule has 0 spiro atoms. The van der Waals surface area contributed by atoms with E-state index in [0.717, 1.165) is 0 Å². The molecule has 1 aliphatic heterocycles. The second kappa shape index (κ2) is 3.43. The molecular weight excluding hydrogens is 194 g/mol. The zero-order chi connectivity index (χ0) is 11.0. The fourth-order valence-electron chi connectivity index (χ4n) is 1.54. The Morgan fingerprint density at radius 2 is 2.27 bits per heavy atom. The van der Waals surface area contributed by atoms with Gasteiger partial charge >= 0.3 is 0 Å². The van der Waals surface area contributed by atoms with Gasteiger partial charge in [-0.2, -0.15) is 0 Å². The molecule has 1 amide bonds. The summed E-state index contributed by atoms with van der Waals surface area (Å²) < 4.78 is 5.41. The average Bonchev–Trinajstić information content (AvgIpc) is 2.32. The summed E-state index contributed by atoms with van der Waals surface area (Å²) >= 11 is 0. The molecule has 1 unspecified atom stereocenters. The Morgan fingerprint density at radius 1 is 1.53 bits per heavy atom. The number of likely N-dealkylation sites (N-methyl/N-ethyl adjacent to an activating group) is 1. The lowest BCUT2D eigenvalue weighted by molar-refractivity contribution is -0.119. The van der Waals surface area contributed by atoms with E-state index < -0.39 is 6.04 Å². The zero-order valence-electron chi connectivity index (χ0n) is 8.43. The van der Waals surface area contributed by atoms with Crippen LogP contribution in [0.3, 0.4) is 0 Å². The SMILES string of the molecule is CN1C(=O)C(N)COc2ccc(N)cc21. The molecule has 0 fully saturated rings. The van der Waals surface area contributed by atoms with E-state index in [1.165, 1.54) is 4.90 Å². The lowest BCUT2D eigenvalue weighted by Crippen LogP contribution is -2.43. The fourth-order valence-corrected chi connectivity index (χ4v) is 1.54. The van der Waals surface area contributed by atoms with Crippen LogP contribution >= 0.6 is 0 Å². The highest BCUT2D eigenvalue weighted by Gasteiger charge is 2.26. The third kappa shape index (κ3) is 1.61. The van der Waals surface area contributed by atoms with E-state index >= 15 is 0 Å². The first-order valence-corrected chi connectivity index (χ1v) is 4.65. The number of anilines is 2. The Kier molecular flexibility index (Phi) is 2.24. The molecule has 15 heavy (non-hydrogen) atoms. The molecule has 1 aliphatic rings. The average molecular weight is 207 g/mol. The molecule has 80 valence electrons. The van der Waals surface area contributed by atoms with E-state index in [1.807, 2.05) is 0 Å². The van der Waals surface area contributed by atoms with Crippen molar-refractivity contribution in [3.63, 3.8) is 0 Å². The van der Waals surface area contributed by atoms with Crippen LogP contribution in [-0.2, 0) is 4.79 Å². The standard InChI is InChI=1S/C10H13N3O2/c1-13-8-4-6(11)2-3-9(8)15-5-7(12)10(13)14/h2-4,7H,5,11-12H2,1H3. The number of hydrogen-bond donors (Lipinski definition) is 2. The number of carbonyl (C=O) groups is 1. The minimum absolute atomic E-state index is 0.167. The van der Waals surface area contributed by atoms with Gasteiger partial charge in [0.1, 0.15) is 18.4 Å². The Balaban J connectivity index is 2.48. The number of nitrogens with two attached hydrogens (primary N) is 2. The maximum absolute atomic E-state index is 11.7. The van der Waals surface area contributed by atoms with Crippen LogP contribution in [-0.4, -0.2) is 25.6 Å². The van der Waals surface area contributed by atoms with Gasteiger partial charge in [0.2, 0.25) is 5.91 Å². The van der Waals surface area contributed by atoms with Gasteiger partial charge in [-0.05, 0) is 18.2 Å². The summed E-state index contributed by atoms with van der Waals surface area (Å²) in [6, 6.07) is 4.55. The molecule has 1 heterocycles. The first kappa shape index (κ1) is 9.79. The molecule has 0 aliphatic carbocycles. The molecule has 5 nitrogen and oxygen atoms in total. The molecule has 0 saturated heterocycles. The Hall–Kier alpha value is -1.75. The predicted octanol–water partition coefficient (Wildman–Crippen LogP) is -0.0487. The smallest absolute Gasteiger partial charge is 0.247 e. The molecule has 1 aromatic carbocycles. The summed E-state index contributed by atoms with van der Waals surface area (Å²) in [5.41, 5.74) is 12.5. The number of amides is 1. The van der Waals surface area contributed by atoms with Crippen LogP contribution in [0.25, 0.3) is 0 Å². The Bertz CT molecular complexity index is 406. The maximum atomic E-state index is 11.7. The van der Waals surface area contributed by atoms with Crippen LogP contribution in [0.2, 0.25) is 0 Å². The van der Waals surface area contributed by atoms with E-state index in [1.54, 1.807) is 25.2 Å². The summed E-state index contributed by atoms with van der Waals surface area (Å²) in [6.45, 7) is 0.195. The van der Waals surface area contributed by atoms with E-state index in [-0.39, 0.29) is 12.5 Å². The molecule has 0 radical (unpaired) electrons. The first-order valence-electron chi connectivity index (χ1n) is 4.65. The third-order valence-corrected chi connectivity index (χ3v) is 2.41. The maximum Gasteiger partial charge on any atom is 0.247 e. The number of nitrogens with zero attached hydrogens (tertiary/aromatic N) is 1. The van der Waals surface area contributed by atoms with Crippen LogP contribution in [0.4, 0.5) is 11.4 Å². The van der Waals surface area contributed by atoms with Gasteiger partial charge < -0.3 is 21.1 Å². The van der Waals surface area contributed by atoms with Crippen LogP contribution in [0.5, 0.6) is 5.75 Å². The molecular formula is C10H13N3O2. The second-order valence-corrected chi connectivity index (χ2v) is 3.54. The molecule has 4 N–H and O–H groups in total. The van der Waals surface area contributed by atoms with Crippen molar-refractivity contribution in [3.05, 3.63) is 18.2 Å². The van der Waals surface area contributed by atoms with E-state index in [2.05, 4.69) is 0 Å². The van der Waals surface area contributed by atoms with Gasteiger partial charge in [0, 0.05) is 12.7 Å². The molecule has 0 aromatic heterocycles. The van der Waals surface area contributed by atoms with Crippen LogP contribution in [0.1, 0.15) is 0 Å². The number of carbonyl (C=O) groups excluding carboxylic acids is 1. The van der Waals surface area contributed by atoms with Crippen molar-refractivity contribution >= 4 is 17.3 Å². The topological polar surface area (TPSA) is 81.6 Å². The van der Waals surface area contributed by atoms with Crippen LogP contribution in [0, 0.1) is 0 Å². The lowest BCUT2D eigenvalue weighted by Gasteiger charge is -2.17. The van der Waals surface area contributed by atoms with Gasteiger partial charge in [-0.15, -0.1) is 0 Å². The first-order chi connectivity index (χ1) is 7.09. The summed E-state index contributed by atoms with van der Waals surface area (Å²) in [4.78, 5) is 13.2. The minimum atomic E-state index is -0.622. The van der Waals surface area contributed by atoms with Gasteiger partial charge in [-0.25, -0.2) is 0 Å². The second-order valence-electron chi connectivity index (χ2n) is 3.54. The normalized spacial score (nSPS) is 20.5. The van der Waals surface area contributed by atoms with E-state index in [4.69, 9.17) is 16.2 Å². The Labute approximate surface area is 87.6 Å². The van der Waals surface area contributed by atoms with Gasteiger partial charge in [0.15, 0.2) is 0 Å². The number of hydrogen-bond acceptors (Lipinski definition) is 4. The highest BCUT2D eigenvalue weighted by molar-refractivity contribution is 5.99. The van der Waals surface area contributed by atoms with Crippen molar-refractivity contribution in [2.75, 3.05) is 24.3 Å². The van der Waals surface area contributed by atoms with Gasteiger partial charge in [0.05, 0.1) is 5.69 Å². The van der Waals surface area contributed by atoms with E-state index in [0.29, 0.717) is 17.1 Å². The molecule has 0 saturated carbocycles. The van der Waals surface area contributed by atoms with Crippen molar-refractivity contribution in [2.45, 2.75) is 6.04 Å². The highest BCUT2D eigenvalue weighted by atomic mass is 16.5. The molecule has 1 atom stereocenters. The van der Waals surface area contributed by atoms with Gasteiger partial charge in [-0.1, -0.05) is 0 Å². The van der Waals surface area contributed by atoms with Crippen molar-refractivity contribution in [1.82, 2.24) is 0 Å². The van der Waals surface area contributed by atoms with Crippen molar-refractivity contribution in [1.29, 1.82) is 0 Å². The van der Waals surface area contributed by atoms with Crippen LogP contribution in [0.15, 0.2) is 18.2 Å². The monoisotopic (exact) mass is 207 g/mol. The van der Waals surface area contributed by atoms with Crippen LogP contribution < -0.4 is 21.1 Å². The third-order valence-electron chi connectivity index (χ3n) is 2.41.